The lowest BCUT2D eigenvalue weighted by Crippen LogP contribution is -2.62. The van der Waals surface area contributed by atoms with Crippen molar-refractivity contribution in [1.82, 2.24) is 0 Å². The van der Waals surface area contributed by atoms with Crippen LogP contribution in [-0.4, -0.2) is 62.5 Å². The number of hydrogen-bond donors (Lipinski definition) is 5. The summed E-state index contributed by atoms with van der Waals surface area (Å²) in [5.74, 6) is 0.140. The van der Waals surface area contributed by atoms with Crippen molar-refractivity contribution < 1.29 is 30.0 Å². The predicted molar refractivity (Wildman–Crippen MR) is 128 cm³/mol. The van der Waals surface area contributed by atoms with E-state index in [0.717, 1.165) is 51.4 Å². The zero-order chi connectivity index (χ0) is 24.9. The number of rotatable bonds is 2. The first kappa shape index (κ1) is 26.0. The second kappa shape index (κ2) is 9.40. The van der Waals surface area contributed by atoms with Crippen LogP contribution < -0.4 is 5.73 Å². The van der Waals surface area contributed by atoms with Crippen LogP contribution in [0.5, 0.6) is 0 Å². The van der Waals surface area contributed by atoms with Gasteiger partial charge in [-0.3, -0.25) is 9.59 Å². The van der Waals surface area contributed by atoms with Gasteiger partial charge in [0.15, 0.2) is 11.6 Å². The molecule has 7 heteroatoms. The van der Waals surface area contributed by atoms with Crippen LogP contribution in [0.4, 0.5) is 0 Å². The first-order chi connectivity index (χ1) is 16.0. The lowest BCUT2D eigenvalue weighted by molar-refractivity contribution is -0.182. The van der Waals surface area contributed by atoms with Crippen molar-refractivity contribution in [2.24, 2.45) is 34.3 Å². The lowest BCUT2D eigenvalue weighted by atomic mass is 9.45. The van der Waals surface area contributed by atoms with Crippen molar-refractivity contribution in [3.63, 3.8) is 0 Å². The number of aliphatic hydroxyl groups excluding tert-OH is 3. The SMILES string of the molecule is C[C@]12CCC(=O)C=C1CC[C@@H]1[C@@H]2[C@@H](O)C[C@@]2(C)[C@H]1CC[C@]2(O)C(=O)CO.N[C@H]1CC[C@H](O)CC1. The van der Waals surface area contributed by atoms with Crippen LogP contribution in [0.3, 0.4) is 0 Å². The fraction of sp³-hybridized carbons (Fsp3) is 0.852. The van der Waals surface area contributed by atoms with Crippen molar-refractivity contribution in [3.8, 4) is 0 Å². The molecule has 0 aromatic heterocycles. The van der Waals surface area contributed by atoms with Gasteiger partial charge in [-0.25, -0.2) is 0 Å². The van der Waals surface area contributed by atoms with Crippen molar-refractivity contribution >= 4 is 11.6 Å². The van der Waals surface area contributed by atoms with Crippen molar-refractivity contribution in [1.29, 1.82) is 0 Å². The van der Waals surface area contributed by atoms with Crippen LogP contribution in [0.15, 0.2) is 11.6 Å². The standard InChI is InChI=1S/C21H30O5.C6H13NO/c1-19-7-5-13(23)9-12(19)3-4-14-15-6-8-21(26,17(25)11-22)20(15,2)10-16(24)18(14)19;7-5-1-3-6(8)4-2-5/h9,14-16,18,22,24,26H,3-8,10-11H2,1-2H3;5-6,8H,1-4,7H2/t14-,15-,16-,18+,19-,20-,21-;5-,6-/m0./s1. The van der Waals surface area contributed by atoms with E-state index in [1.807, 2.05) is 6.92 Å². The Labute approximate surface area is 202 Å². The number of nitrogens with two attached hydrogens (primary N) is 1. The average molecular weight is 478 g/mol. The third-order valence-corrected chi connectivity index (χ3v) is 10.4. The maximum atomic E-state index is 12.4. The second-order valence-electron chi connectivity index (χ2n) is 12.1. The molecule has 5 aliphatic carbocycles. The van der Waals surface area contributed by atoms with Gasteiger partial charge in [0.1, 0.15) is 12.2 Å². The van der Waals surface area contributed by atoms with E-state index in [9.17, 15) is 24.9 Å². The molecule has 0 aromatic rings. The second-order valence-corrected chi connectivity index (χ2v) is 12.1. The van der Waals surface area contributed by atoms with Crippen molar-refractivity contribution in [2.75, 3.05) is 6.61 Å². The summed E-state index contributed by atoms with van der Waals surface area (Å²) in [6.45, 7) is 3.46. The van der Waals surface area contributed by atoms with E-state index in [4.69, 9.17) is 10.8 Å². The number of hydrogen-bond acceptors (Lipinski definition) is 7. The zero-order valence-corrected chi connectivity index (χ0v) is 20.7. The highest BCUT2D eigenvalue weighted by molar-refractivity contribution is 5.91. The number of ketones is 2. The van der Waals surface area contributed by atoms with Crippen LogP contribution in [0.25, 0.3) is 0 Å². The smallest absolute Gasteiger partial charge is 0.190 e. The Morgan fingerprint density at radius 1 is 1.06 bits per heavy atom. The normalized spacial score (nSPS) is 48.0. The molecule has 5 rings (SSSR count). The molecular formula is C27H43NO6. The predicted octanol–water partition coefficient (Wildman–Crippen LogP) is 2.03. The summed E-state index contributed by atoms with van der Waals surface area (Å²) in [6.07, 6.45) is 9.48. The molecule has 4 fully saturated rings. The number of fused-ring (bicyclic) bond motifs is 5. The molecule has 0 amide bonds. The van der Waals surface area contributed by atoms with Gasteiger partial charge < -0.3 is 26.2 Å². The highest BCUT2D eigenvalue weighted by atomic mass is 16.3. The van der Waals surface area contributed by atoms with E-state index in [1.54, 1.807) is 6.08 Å². The Kier molecular flexibility index (Phi) is 7.17. The monoisotopic (exact) mass is 477 g/mol. The Morgan fingerprint density at radius 3 is 2.35 bits per heavy atom. The molecule has 0 unspecified atom stereocenters. The first-order valence-corrected chi connectivity index (χ1v) is 13.2. The van der Waals surface area contributed by atoms with Crippen LogP contribution in [0.2, 0.25) is 0 Å². The maximum absolute atomic E-state index is 12.4. The molecule has 7 nitrogen and oxygen atoms in total. The molecule has 7 atom stereocenters. The molecule has 5 aliphatic rings. The maximum Gasteiger partial charge on any atom is 0.190 e. The van der Waals surface area contributed by atoms with Crippen LogP contribution in [0, 0.1) is 28.6 Å². The molecule has 34 heavy (non-hydrogen) atoms. The summed E-state index contributed by atoms with van der Waals surface area (Å²) in [6, 6.07) is 0.360. The quantitative estimate of drug-likeness (QED) is 0.410. The van der Waals surface area contributed by atoms with Crippen molar-refractivity contribution in [3.05, 3.63) is 11.6 Å². The van der Waals surface area contributed by atoms with E-state index >= 15 is 0 Å². The van der Waals surface area contributed by atoms with E-state index in [1.165, 1.54) is 5.57 Å². The van der Waals surface area contributed by atoms with Crippen LogP contribution in [0.1, 0.15) is 84.5 Å². The zero-order valence-electron chi connectivity index (χ0n) is 20.7. The topological polar surface area (TPSA) is 141 Å². The molecule has 6 N–H and O–H groups in total. The largest absolute Gasteiger partial charge is 0.393 e. The number of aliphatic hydroxyl groups is 4. The number of allylic oxidation sites excluding steroid dienone is 1. The van der Waals surface area contributed by atoms with Gasteiger partial charge in [0.2, 0.25) is 0 Å². The lowest BCUT2D eigenvalue weighted by Gasteiger charge is -2.60. The fourth-order valence-electron chi connectivity index (χ4n) is 8.38. The Bertz CT molecular complexity index is 825. The van der Waals surface area contributed by atoms with Crippen LogP contribution in [-0.2, 0) is 9.59 Å². The highest BCUT2D eigenvalue weighted by Crippen LogP contribution is 2.67. The summed E-state index contributed by atoms with van der Waals surface area (Å²) in [4.78, 5) is 24.3. The Hall–Kier alpha value is -1.12. The minimum Gasteiger partial charge on any atom is -0.393 e. The van der Waals surface area contributed by atoms with E-state index < -0.39 is 29.5 Å². The van der Waals surface area contributed by atoms with Gasteiger partial charge in [0.25, 0.3) is 0 Å². The number of carbonyl (C=O) groups is 2. The summed E-state index contributed by atoms with van der Waals surface area (Å²) in [5, 5.41) is 40.7. The van der Waals surface area contributed by atoms with E-state index in [0.29, 0.717) is 25.3 Å². The third kappa shape index (κ3) is 4.11. The van der Waals surface area contributed by atoms with E-state index in [-0.39, 0.29) is 35.1 Å². The Balaban J connectivity index is 0.000000291. The first-order valence-electron chi connectivity index (χ1n) is 13.2. The Morgan fingerprint density at radius 2 is 1.74 bits per heavy atom. The highest BCUT2D eigenvalue weighted by Gasteiger charge is 2.68. The van der Waals surface area contributed by atoms with Gasteiger partial charge in [-0.2, -0.15) is 0 Å². The molecule has 192 valence electrons. The summed E-state index contributed by atoms with van der Waals surface area (Å²) in [7, 11) is 0. The summed E-state index contributed by atoms with van der Waals surface area (Å²) in [5.41, 5.74) is 4.35. The van der Waals surface area contributed by atoms with Gasteiger partial charge in [0.05, 0.1) is 12.2 Å². The molecule has 0 bridgehead atoms. The molecule has 0 radical (unpaired) electrons. The summed E-state index contributed by atoms with van der Waals surface area (Å²) >= 11 is 0. The number of Topliss-reactive ketones (excluding diaryl/α,β-unsaturated/α-hetero) is 1. The minimum absolute atomic E-state index is 0.0604. The number of carbonyl (C=O) groups excluding carboxylic acids is 2. The van der Waals surface area contributed by atoms with Gasteiger partial charge in [-0.15, -0.1) is 0 Å². The van der Waals surface area contributed by atoms with Gasteiger partial charge in [0, 0.05) is 17.9 Å². The van der Waals surface area contributed by atoms with Crippen LogP contribution >= 0.6 is 0 Å². The minimum atomic E-state index is -1.54. The van der Waals surface area contributed by atoms with Crippen molar-refractivity contribution in [2.45, 2.75) is 108 Å². The van der Waals surface area contributed by atoms with E-state index in [2.05, 4.69) is 6.92 Å². The molecule has 0 heterocycles. The third-order valence-electron chi connectivity index (χ3n) is 10.4. The van der Waals surface area contributed by atoms with Gasteiger partial charge >= 0.3 is 0 Å². The average Bonchev–Trinajstić information content (AvgIpc) is 3.07. The van der Waals surface area contributed by atoms with Gasteiger partial charge in [-0.05, 0) is 93.5 Å². The molecular weight excluding hydrogens is 434 g/mol. The molecule has 0 aromatic carbocycles. The van der Waals surface area contributed by atoms with Gasteiger partial charge in [-0.1, -0.05) is 19.4 Å². The molecule has 4 saturated carbocycles. The molecule has 0 aliphatic heterocycles. The fourth-order valence-corrected chi connectivity index (χ4v) is 8.38. The summed E-state index contributed by atoms with van der Waals surface area (Å²) < 4.78 is 0. The molecule has 0 spiro atoms. The molecule has 0 saturated heterocycles.